The van der Waals surface area contributed by atoms with E-state index in [0.29, 0.717) is 5.17 Å². The number of hydrogen-bond donors (Lipinski definition) is 1. The van der Waals surface area contributed by atoms with E-state index in [1.807, 2.05) is 60.7 Å². The van der Waals surface area contributed by atoms with Crippen molar-refractivity contribution in [2.24, 2.45) is 15.9 Å². The van der Waals surface area contributed by atoms with E-state index >= 15 is 0 Å². The Morgan fingerprint density at radius 3 is 2.47 bits per heavy atom. The number of rotatable bonds is 8. The average molecular weight is 438 g/mol. The van der Waals surface area contributed by atoms with Gasteiger partial charge in [0.1, 0.15) is 11.5 Å². The van der Waals surface area contributed by atoms with Crippen LogP contribution < -0.4 is 15.2 Å². The summed E-state index contributed by atoms with van der Waals surface area (Å²) in [4.78, 5) is 1.98. The Hall–Kier alpha value is -2.90. The Morgan fingerprint density at radius 1 is 0.933 bits per heavy atom. The van der Waals surface area contributed by atoms with Crippen LogP contribution in [0.1, 0.15) is 11.1 Å². The molecule has 2 N–H and O–H groups in total. The average Bonchev–Trinajstić information content (AvgIpc) is 2.79. The highest BCUT2D eigenvalue weighted by Gasteiger charge is 2.09. The third kappa shape index (κ3) is 6.30. The molecule has 0 aliphatic rings. The van der Waals surface area contributed by atoms with Gasteiger partial charge in [0.05, 0.1) is 25.3 Å². The summed E-state index contributed by atoms with van der Waals surface area (Å²) in [7, 11) is 3.30. The lowest BCUT2D eigenvalue weighted by atomic mass is 10.2. The number of methoxy groups -OCH3 is 2. The van der Waals surface area contributed by atoms with Gasteiger partial charge >= 0.3 is 0 Å². The van der Waals surface area contributed by atoms with Crippen LogP contribution in [0.25, 0.3) is 0 Å². The molecule has 3 rings (SSSR count). The zero-order valence-electron chi connectivity index (χ0n) is 16.8. The van der Waals surface area contributed by atoms with E-state index in [-0.39, 0.29) is 0 Å². The normalized spacial score (nSPS) is 11.6. The van der Waals surface area contributed by atoms with Crippen LogP contribution in [0.3, 0.4) is 0 Å². The summed E-state index contributed by atoms with van der Waals surface area (Å²) >= 11 is 3.04. The van der Waals surface area contributed by atoms with Gasteiger partial charge in [-0.1, -0.05) is 72.1 Å². The predicted octanol–water partition coefficient (Wildman–Crippen LogP) is 5.44. The quantitative estimate of drug-likeness (QED) is 0.289. The van der Waals surface area contributed by atoms with E-state index in [1.165, 1.54) is 17.3 Å². The highest BCUT2D eigenvalue weighted by atomic mass is 32.2. The molecule has 0 spiro atoms. The van der Waals surface area contributed by atoms with Crippen LogP contribution in [0, 0.1) is 0 Å². The molecule has 30 heavy (non-hydrogen) atoms. The fourth-order valence-electron chi connectivity index (χ4n) is 2.57. The number of nitrogens with two attached hydrogens (primary N) is 1. The Labute approximate surface area is 185 Å². The molecular weight excluding hydrogens is 414 g/mol. The number of thioether (sulfide) groups is 1. The maximum Gasteiger partial charge on any atom is 0.180 e. The van der Waals surface area contributed by atoms with Crippen molar-refractivity contribution >= 4 is 34.9 Å². The van der Waals surface area contributed by atoms with Crippen molar-refractivity contribution < 1.29 is 9.47 Å². The molecule has 7 heteroatoms. The maximum absolute atomic E-state index is 5.98. The summed E-state index contributed by atoms with van der Waals surface area (Å²) in [6, 6.07) is 23.8. The predicted molar refractivity (Wildman–Crippen MR) is 127 cm³/mol. The molecule has 0 saturated carbocycles. The van der Waals surface area contributed by atoms with Gasteiger partial charge < -0.3 is 15.2 Å². The lowest BCUT2D eigenvalue weighted by molar-refractivity contribution is 0.394. The number of ether oxygens (including phenoxy) is 2. The first kappa shape index (κ1) is 21.8. The summed E-state index contributed by atoms with van der Waals surface area (Å²) < 4.78 is 10.8. The second-order valence-electron chi connectivity index (χ2n) is 6.11. The highest BCUT2D eigenvalue weighted by molar-refractivity contribution is 8.13. The number of amidine groups is 1. The lowest BCUT2D eigenvalue weighted by Gasteiger charge is -2.11. The zero-order valence-corrected chi connectivity index (χ0v) is 18.5. The largest absolute Gasteiger partial charge is 0.497 e. The second-order valence-corrected chi connectivity index (χ2v) is 8.19. The third-order valence-electron chi connectivity index (χ3n) is 4.09. The molecule has 0 aromatic heterocycles. The number of benzene rings is 3. The molecule has 0 atom stereocenters. The molecule has 0 bridgehead atoms. The first-order chi connectivity index (χ1) is 14.7. The minimum atomic E-state index is 0.426. The molecule has 3 aromatic rings. The van der Waals surface area contributed by atoms with Crippen LogP contribution in [-0.4, -0.2) is 25.6 Å². The fourth-order valence-corrected chi connectivity index (χ4v) is 4.23. The topological polar surface area (TPSA) is 69.2 Å². The van der Waals surface area contributed by atoms with E-state index < -0.39 is 0 Å². The molecule has 0 heterocycles. The summed E-state index contributed by atoms with van der Waals surface area (Å²) in [5, 5.41) is 8.72. The lowest BCUT2D eigenvalue weighted by Crippen LogP contribution is -2.06. The van der Waals surface area contributed by atoms with Crippen LogP contribution in [-0.2, 0) is 5.75 Å². The SMILES string of the molecule is COc1ccc(OC)c(Sc2ccccc2C=NN=C(N)SCc2ccccc2)c1. The molecule has 154 valence electrons. The molecule has 0 amide bonds. The van der Waals surface area contributed by atoms with Crippen LogP contribution in [0.5, 0.6) is 11.5 Å². The van der Waals surface area contributed by atoms with Crippen molar-refractivity contribution in [3.63, 3.8) is 0 Å². The van der Waals surface area contributed by atoms with Gasteiger partial charge in [0.25, 0.3) is 0 Å². The van der Waals surface area contributed by atoms with Crippen LogP contribution in [0.4, 0.5) is 0 Å². The molecule has 0 aliphatic heterocycles. The van der Waals surface area contributed by atoms with Crippen molar-refractivity contribution in [1.82, 2.24) is 0 Å². The zero-order chi connectivity index (χ0) is 21.2. The molecule has 3 aromatic carbocycles. The molecule has 0 radical (unpaired) electrons. The first-order valence-electron chi connectivity index (χ1n) is 9.21. The van der Waals surface area contributed by atoms with Crippen molar-refractivity contribution in [2.45, 2.75) is 15.5 Å². The van der Waals surface area contributed by atoms with Gasteiger partial charge in [-0.25, -0.2) is 0 Å². The molecule has 0 fully saturated rings. The van der Waals surface area contributed by atoms with E-state index in [9.17, 15) is 0 Å². The standard InChI is InChI=1S/C23H23N3O2S2/c1-27-19-12-13-20(28-2)22(14-19)30-21-11-7-6-10-18(21)15-25-26-23(24)29-16-17-8-4-3-5-9-17/h3-15H,16H2,1-2H3,(H2,24,26). The smallest absolute Gasteiger partial charge is 0.180 e. The Balaban J connectivity index is 1.71. The van der Waals surface area contributed by atoms with Gasteiger partial charge in [-0.05, 0) is 29.8 Å². The molecule has 0 unspecified atom stereocenters. The van der Waals surface area contributed by atoms with Crippen molar-refractivity contribution in [1.29, 1.82) is 0 Å². The first-order valence-corrected chi connectivity index (χ1v) is 11.0. The molecular formula is C23H23N3O2S2. The summed E-state index contributed by atoms with van der Waals surface area (Å²) in [6.07, 6.45) is 1.71. The van der Waals surface area contributed by atoms with Crippen molar-refractivity contribution in [2.75, 3.05) is 14.2 Å². The minimum absolute atomic E-state index is 0.426. The van der Waals surface area contributed by atoms with Crippen LogP contribution in [0.2, 0.25) is 0 Å². The Bertz CT molecular complexity index is 1020. The van der Waals surface area contributed by atoms with Gasteiger partial charge in [-0.2, -0.15) is 5.10 Å². The second kappa shape index (κ2) is 11.3. The highest BCUT2D eigenvalue weighted by Crippen LogP contribution is 2.38. The van der Waals surface area contributed by atoms with Gasteiger partial charge in [0.15, 0.2) is 5.17 Å². The van der Waals surface area contributed by atoms with E-state index in [4.69, 9.17) is 15.2 Å². The number of nitrogens with zero attached hydrogens (tertiary/aromatic N) is 2. The number of hydrogen-bond acceptors (Lipinski definition) is 6. The van der Waals surface area contributed by atoms with Crippen LogP contribution >= 0.6 is 23.5 Å². The fraction of sp³-hybridized carbons (Fsp3) is 0.130. The third-order valence-corrected chi connectivity index (χ3v) is 6.08. The van der Waals surface area contributed by atoms with Gasteiger partial charge in [-0.3, -0.25) is 0 Å². The molecule has 0 aliphatic carbocycles. The minimum Gasteiger partial charge on any atom is -0.497 e. The van der Waals surface area contributed by atoms with E-state index in [0.717, 1.165) is 32.6 Å². The van der Waals surface area contributed by atoms with Crippen LogP contribution in [0.15, 0.2) is 92.8 Å². The van der Waals surface area contributed by atoms with E-state index in [1.54, 1.807) is 32.2 Å². The maximum atomic E-state index is 5.98. The molecule has 5 nitrogen and oxygen atoms in total. The van der Waals surface area contributed by atoms with Gasteiger partial charge in [0.2, 0.25) is 0 Å². The van der Waals surface area contributed by atoms with Gasteiger partial charge in [-0.15, -0.1) is 5.10 Å². The van der Waals surface area contributed by atoms with E-state index in [2.05, 4.69) is 22.3 Å². The summed E-state index contributed by atoms with van der Waals surface area (Å²) in [6.45, 7) is 0. The van der Waals surface area contributed by atoms with Crippen molar-refractivity contribution in [3.05, 3.63) is 83.9 Å². The van der Waals surface area contributed by atoms with Gasteiger partial charge in [0, 0.05) is 16.2 Å². The van der Waals surface area contributed by atoms with Crippen molar-refractivity contribution in [3.8, 4) is 11.5 Å². The molecule has 0 saturated heterocycles. The Kier molecular flexibility index (Phi) is 8.23. The Morgan fingerprint density at radius 2 is 1.70 bits per heavy atom. The summed E-state index contributed by atoms with van der Waals surface area (Å²) in [5.74, 6) is 2.32. The monoisotopic (exact) mass is 437 g/mol. The summed E-state index contributed by atoms with van der Waals surface area (Å²) in [5.41, 5.74) is 8.12.